The number of piperidine rings is 1. The Balaban J connectivity index is 1.47. The minimum Gasteiger partial charge on any atom is -0.342 e. The molecule has 0 radical (unpaired) electrons. The van der Waals surface area contributed by atoms with Crippen molar-refractivity contribution in [1.82, 2.24) is 25.5 Å². The molecule has 4 rings (SSSR count). The normalized spacial score (nSPS) is 19.0. The Bertz CT molecular complexity index is 821. The summed E-state index contributed by atoms with van der Waals surface area (Å²) in [4.78, 5) is 26.8. The molecule has 0 aliphatic carbocycles. The number of hydrogen-bond donors (Lipinski definition) is 2. The third kappa shape index (κ3) is 3.40. The molecule has 0 atom stereocenters. The molecule has 1 amide bonds. The number of nitrogens with one attached hydrogen (secondary N) is 2. The maximum absolute atomic E-state index is 12.5. The number of rotatable bonds is 3. The topological polar surface area (TPSA) is 79.3 Å². The largest absolute Gasteiger partial charge is 0.342 e. The molecule has 2 aliphatic heterocycles. The van der Waals surface area contributed by atoms with Gasteiger partial charge in [0, 0.05) is 37.8 Å². The van der Waals surface area contributed by atoms with E-state index < -0.39 is 0 Å². The highest BCUT2D eigenvalue weighted by atomic mass is 16.2. The van der Waals surface area contributed by atoms with Gasteiger partial charge in [-0.3, -0.25) is 20.4 Å². The van der Waals surface area contributed by atoms with Crippen LogP contribution in [0.4, 0.5) is 0 Å². The molecule has 2 aromatic rings. The highest BCUT2D eigenvalue weighted by Crippen LogP contribution is 2.23. The van der Waals surface area contributed by atoms with Crippen LogP contribution in [0.5, 0.6) is 0 Å². The molecule has 3 heterocycles. The number of carbonyl (C=O) groups excluding carboxylic acids is 1. The van der Waals surface area contributed by atoms with Crippen molar-refractivity contribution in [2.75, 3.05) is 26.2 Å². The summed E-state index contributed by atoms with van der Waals surface area (Å²) in [5.74, 6) is 0.202. The Morgan fingerprint density at radius 2 is 1.69 bits per heavy atom. The lowest BCUT2D eigenvalue weighted by molar-refractivity contribution is -0.135. The van der Waals surface area contributed by atoms with Crippen molar-refractivity contribution < 1.29 is 4.79 Å². The van der Waals surface area contributed by atoms with E-state index >= 15 is 0 Å². The van der Waals surface area contributed by atoms with Crippen LogP contribution >= 0.6 is 0 Å². The zero-order valence-electron chi connectivity index (χ0n) is 14.6. The van der Waals surface area contributed by atoms with Crippen molar-refractivity contribution in [2.45, 2.75) is 18.9 Å². The molecule has 2 saturated heterocycles. The Labute approximate surface area is 152 Å². The van der Waals surface area contributed by atoms with Crippen molar-refractivity contribution in [1.29, 1.82) is 0 Å². The Hall–Kier alpha value is -2.51. The van der Waals surface area contributed by atoms with Gasteiger partial charge in [0.1, 0.15) is 0 Å². The highest BCUT2D eigenvalue weighted by molar-refractivity contribution is 5.79. The summed E-state index contributed by atoms with van der Waals surface area (Å²) < 4.78 is 1.60. The lowest BCUT2D eigenvalue weighted by Crippen LogP contribution is -2.44. The van der Waals surface area contributed by atoms with Crippen LogP contribution in [0.1, 0.15) is 18.9 Å². The van der Waals surface area contributed by atoms with Crippen molar-refractivity contribution in [2.24, 2.45) is 5.92 Å². The van der Waals surface area contributed by atoms with E-state index in [-0.39, 0.29) is 23.4 Å². The molecular formula is C19H23N5O2. The maximum atomic E-state index is 12.5. The van der Waals surface area contributed by atoms with E-state index in [0.29, 0.717) is 26.2 Å². The first-order valence-corrected chi connectivity index (χ1v) is 9.12. The first-order valence-electron chi connectivity index (χ1n) is 9.12. The number of nitrogens with zero attached hydrogens (tertiary/aromatic N) is 3. The van der Waals surface area contributed by atoms with E-state index in [1.807, 2.05) is 35.2 Å². The lowest BCUT2D eigenvalue weighted by Gasteiger charge is -2.33. The van der Waals surface area contributed by atoms with E-state index in [9.17, 15) is 9.59 Å². The third-order valence-electron chi connectivity index (χ3n) is 5.19. The number of hydrazine groups is 1. The van der Waals surface area contributed by atoms with Gasteiger partial charge >= 0.3 is 0 Å². The van der Waals surface area contributed by atoms with Crippen LogP contribution in [0.2, 0.25) is 0 Å². The second-order valence-electron chi connectivity index (χ2n) is 6.88. The van der Waals surface area contributed by atoms with Crippen molar-refractivity contribution in [3.05, 3.63) is 52.8 Å². The lowest BCUT2D eigenvalue weighted by atomic mass is 10.0. The van der Waals surface area contributed by atoms with Gasteiger partial charge in [-0.2, -0.15) is 5.10 Å². The summed E-state index contributed by atoms with van der Waals surface area (Å²) in [6.07, 6.45) is 1.51. The van der Waals surface area contributed by atoms with Crippen LogP contribution in [0.15, 0.2) is 47.3 Å². The smallest absolute Gasteiger partial charge is 0.267 e. The Morgan fingerprint density at radius 1 is 1.00 bits per heavy atom. The number of likely N-dealkylation sites (tertiary alicyclic amines) is 1. The van der Waals surface area contributed by atoms with Gasteiger partial charge in [-0.25, -0.2) is 4.68 Å². The van der Waals surface area contributed by atoms with Crippen LogP contribution in [0.25, 0.3) is 11.3 Å². The van der Waals surface area contributed by atoms with Crippen LogP contribution < -0.4 is 16.4 Å². The van der Waals surface area contributed by atoms with E-state index in [1.54, 1.807) is 16.8 Å². The molecule has 1 aromatic heterocycles. The molecule has 2 fully saturated rings. The minimum absolute atomic E-state index is 0.00815. The maximum Gasteiger partial charge on any atom is 0.267 e. The van der Waals surface area contributed by atoms with E-state index in [1.165, 1.54) is 0 Å². The predicted molar refractivity (Wildman–Crippen MR) is 98.3 cm³/mol. The van der Waals surface area contributed by atoms with Crippen LogP contribution in [-0.4, -0.2) is 46.8 Å². The van der Waals surface area contributed by atoms with Gasteiger partial charge in [0.25, 0.3) is 5.56 Å². The van der Waals surface area contributed by atoms with Gasteiger partial charge in [-0.05, 0) is 18.9 Å². The SMILES string of the molecule is O=C(C1CNNC1)N1CCC(n2nc(-c3ccccc3)ccc2=O)CC1. The third-order valence-corrected chi connectivity index (χ3v) is 5.19. The molecule has 0 saturated carbocycles. The van der Waals surface area contributed by atoms with Crippen molar-refractivity contribution in [3.63, 3.8) is 0 Å². The quantitative estimate of drug-likeness (QED) is 0.853. The Morgan fingerprint density at radius 3 is 2.38 bits per heavy atom. The van der Waals surface area contributed by atoms with Crippen LogP contribution in [0.3, 0.4) is 0 Å². The summed E-state index contributed by atoms with van der Waals surface area (Å²) in [6.45, 7) is 2.70. The van der Waals surface area contributed by atoms with E-state index in [2.05, 4.69) is 16.0 Å². The second-order valence-corrected chi connectivity index (χ2v) is 6.88. The monoisotopic (exact) mass is 353 g/mol. The first kappa shape index (κ1) is 16.9. The summed E-state index contributed by atoms with van der Waals surface area (Å²) in [5, 5.41) is 4.59. The molecule has 0 unspecified atom stereocenters. The molecule has 136 valence electrons. The van der Waals surface area contributed by atoms with E-state index in [0.717, 1.165) is 24.1 Å². The standard InChI is InChI=1S/C19H23N5O2/c25-18-7-6-17(14-4-2-1-3-5-14)22-24(18)16-8-10-23(11-9-16)19(26)15-12-20-21-13-15/h1-7,15-16,20-21H,8-13H2. The highest BCUT2D eigenvalue weighted by Gasteiger charge is 2.31. The van der Waals surface area contributed by atoms with Gasteiger partial charge in [0.05, 0.1) is 17.7 Å². The number of aromatic nitrogens is 2. The molecule has 26 heavy (non-hydrogen) atoms. The number of benzene rings is 1. The van der Waals surface area contributed by atoms with Gasteiger partial charge < -0.3 is 4.90 Å². The van der Waals surface area contributed by atoms with Gasteiger partial charge in [0.15, 0.2) is 0 Å². The van der Waals surface area contributed by atoms with Gasteiger partial charge in [-0.15, -0.1) is 0 Å². The molecule has 7 nitrogen and oxygen atoms in total. The fourth-order valence-electron chi connectivity index (χ4n) is 3.68. The van der Waals surface area contributed by atoms with Crippen molar-refractivity contribution >= 4 is 5.91 Å². The molecule has 0 spiro atoms. The van der Waals surface area contributed by atoms with Gasteiger partial charge in [0.2, 0.25) is 5.91 Å². The molecule has 2 N–H and O–H groups in total. The molecule has 1 aromatic carbocycles. The molecule has 2 aliphatic rings. The minimum atomic E-state index is -0.0846. The molecule has 0 bridgehead atoms. The number of amides is 1. The summed E-state index contributed by atoms with van der Waals surface area (Å²) in [5.41, 5.74) is 7.72. The van der Waals surface area contributed by atoms with E-state index in [4.69, 9.17) is 0 Å². The molecule has 7 heteroatoms. The first-order chi connectivity index (χ1) is 12.7. The van der Waals surface area contributed by atoms with Gasteiger partial charge in [-0.1, -0.05) is 30.3 Å². The zero-order chi connectivity index (χ0) is 17.9. The summed E-state index contributed by atoms with van der Waals surface area (Å²) in [6, 6.07) is 13.3. The van der Waals surface area contributed by atoms with Crippen molar-refractivity contribution in [3.8, 4) is 11.3 Å². The number of hydrogen-bond acceptors (Lipinski definition) is 5. The van der Waals surface area contributed by atoms with Crippen LogP contribution in [0, 0.1) is 5.92 Å². The summed E-state index contributed by atoms with van der Waals surface area (Å²) >= 11 is 0. The average Bonchev–Trinajstić information content (AvgIpc) is 3.23. The Kier molecular flexibility index (Phi) is 4.81. The van der Waals surface area contributed by atoms with Crippen LogP contribution in [-0.2, 0) is 4.79 Å². The average molecular weight is 353 g/mol. The number of carbonyl (C=O) groups is 1. The predicted octanol–water partition coefficient (Wildman–Crippen LogP) is 0.798. The molecular weight excluding hydrogens is 330 g/mol. The second kappa shape index (κ2) is 7.39. The summed E-state index contributed by atoms with van der Waals surface area (Å²) in [7, 11) is 0. The fourth-order valence-corrected chi connectivity index (χ4v) is 3.68. The fraction of sp³-hybridized carbons (Fsp3) is 0.421. The zero-order valence-corrected chi connectivity index (χ0v) is 14.6.